The second-order valence-electron chi connectivity index (χ2n) is 7.67. The zero-order chi connectivity index (χ0) is 21.3. The number of aliphatic hydroxyl groups excluding tert-OH is 1. The van der Waals surface area contributed by atoms with E-state index >= 15 is 0 Å². The maximum absolute atomic E-state index is 13.0. The Labute approximate surface area is 175 Å². The van der Waals surface area contributed by atoms with E-state index in [-0.39, 0.29) is 11.3 Å². The summed E-state index contributed by atoms with van der Waals surface area (Å²) < 4.78 is 5.39. The van der Waals surface area contributed by atoms with Crippen LogP contribution in [0.3, 0.4) is 0 Å². The standard InChI is InChI=1S/C22H26N4O4/c1-14-17(15(2)24-23-14)20(27)18-19(16-6-4-3-5-7-16)26(22(29)21(18)28)9-8-25-10-12-30-13-11-25/h3-7,19,27H,8-13H2,1-2H3,(H,23,24)/b20-18+/t19-/m1/s1. The molecular weight excluding hydrogens is 384 g/mol. The van der Waals surface area contributed by atoms with Crippen molar-refractivity contribution < 1.29 is 19.4 Å². The first-order valence-corrected chi connectivity index (χ1v) is 10.1. The number of likely N-dealkylation sites (tertiary alicyclic amines) is 1. The van der Waals surface area contributed by atoms with E-state index in [1.807, 2.05) is 30.3 Å². The maximum Gasteiger partial charge on any atom is 0.295 e. The van der Waals surface area contributed by atoms with E-state index in [1.165, 1.54) is 0 Å². The fraction of sp³-hybridized carbons (Fsp3) is 0.409. The molecule has 2 fully saturated rings. The zero-order valence-corrected chi connectivity index (χ0v) is 17.2. The van der Waals surface area contributed by atoms with Gasteiger partial charge in [0.15, 0.2) is 0 Å². The quantitative estimate of drug-likeness (QED) is 0.443. The minimum atomic E-state index is -0.664. The largest absolute Gasteiger partial charge is 0.507 e. The number of aromatic nitrogens is 2. The molecule has 3 heterocycles. The summed E-state index contributed by atoms with van der Waals surface area (Å²) in [7, 11) is 0. The predicted molar refractivity (Wildman–Crippen MR) is 111 cm³/mol. The van der Waals surface area contributed by atoms with Crippen LogP contribution in [0.25, 0.3) is 5.76 Å². The number of ketones is 1. The molecule has 1 aromatic heterocycles. The smallest absolute Gasteiger partial charge is 0.295 e. The van der Waals surface area contributed by atoms with Crippen LogP contribution in [0.5, 0.6) is 0 Å². The monoisotopic (exact) mass is 410 g/mol. The van der Waals surface area contributed by atoms with E-state index in [2.05, 4.69) is 15.1 Å². The fourth-order valence-corrected chi connectivity index (χ4v) is 4.20. The fourth-order valence-electron chi connectivity index (χ4n) is 4.20. The third-order valence-corrected chi connectivity index (χ3v) is 5.78. The minimum Gasteiger partial charge on any atom is -0.507 e. The van der Waals surface area contributed by atoms with Gasteiger partial charge in [0.2, 0.25) is 0 Å². The third kappa shape index (κ3) is 3.64. The van der Waals surface area contributed by atoms with Crippen molar-refractivity contribution in [1.82, 2.24) is 20.0 Å². The molecule has 1 amide bonds. The number of benzene rings is 1. The summed E-state index contributed by atoms with van der Waals surface area (Å²) in [5, 5.41) is 18.1. The summed E-state index contributed by atoms with van der Waals surface area (Å²) in [5.74, 6) is -1.43. The van der Waals surface area contributed by atoms with E-state index in [9.17, 15) is 14.7 Å². The van der Waals surface area contributed by atoms with Gasteiger partial charge in [0.25, 0.3) is 11.7 Å². The van der Waals surface area contributed by atoms with Gasteiger partial charge in [0.05, 0.1) is 36.1 Å². The van der Waals surface area contributed by atoms with Crippen LogP contribution in [0, 0.1) is 13.8 Å². The summed E-state index contributed by atoms with van der Waals surface area (Å²) >= 11 is 0. The highest BCUT2D eigenvalue weighted by molar-refractivity contribution is 6.46. The van der Waals surface area contributed by atoms with Crippen molar-refractivity contribution in [3.05, 3.63) is 58.4 Å². The minimum absolute atomic E-state index is 0.112. The third-order valence-electron chi connectivity index (χ3n) is 5.78. The van der Waals surface area contributed by atoms with Gasteiger partial charge in [-0.15, -0.1) is 0 Å². The van der Waals surface area contributed by atoms with E-state index < -0.39 is 17.7 Å². The molecule has 8 heteroatoms. The number of rotatable bonds is 5. The molecule has 2 aromatic rings. The number of amides is 1. The van der Waals surface area contributed by atoms with Gasteiger partial charge in [-0.3, -0.25) is 19.6 Å². The number of carbonyl (C=O) groups excluding carboxylic acids is 2. The summed E-state index contributed by atoms with van der Waals surface area (Å²) in [6.45, 7) is 7.50. The Morgan fingerprint density at radius 3 is 2.50 bits per heavy atom. The summed E-state index contributed by atoms with van der Waals surface area (Å²) in [4.78, 5) is 29.8. The Balaban J connectivity index is 1.74. The number of aliphatic hydroxyl groups is 1. The molecule has 158 valence electrons. The van der Waals surface area contributed by atoms with Crippen LogP contribution in [0.1, 0.15) is 28.6 Å². The van der Waals surface area contributed by atoms with Crippen LogP contribution in [-0.4, -0.2) is 76.2 Å². The number of nitrogens with one attached hydrogen (secondary N) is 1. The lowest BCUT2D eigenvalue weighted by Crippen LogP contribution is -2.42. The number of aryl methyl sites for hydroxylation is 2. The molecule has 8 nitrogen and oxygen atoms in total. The van der Waals surface area contributed by atoms with E-state index in [1.54, 1.807) is 18.7 Å². The lowest BCUT2D eigenvalue weighted by molar-refractivity contribution is -0.140. The number of hydrogen-bond acceptors (Lipinski definition) is 6. The van der Waals surface area contributed by atoms with E-state index in [4.69, 9.17) is 4.74 Å². The molecule has 0 unspecified atom stereocenters. The Kier molecular flexibility index (Phi) is 5.69. The van der Waals surface area contributed by atoms with Crippen molar-refractivity contribution in [3.63, 3.8) is 0 Å². The molecule has 2 aliphatic rings. The van der Waals surface area contributed by atoms with Gasteiger partial charge >= 0.3 is 0 Å². The topological polar surface area (TPSA) is 98.8 Å². The van der Waals surface area contributed by atoms with Gasteiger partial charge in [0.1, 0.15) is 5.76 Å². The Hall–Kier alpha value is -2.97. The van der Waals surface area contributed by atoms with Crippen molar-refractivity contribution in [2.24, 2.45) is 0 Å². The second-order valence-corrected chi connectivity index (χ2v) is 7.67. The average Bonchev–Trinajstić information content (AvgIpc) is 3.23. The summed E-state index contributed by atoms with van der Waals surface area (Å²) in [6, 6.07) is 8.73. The van der Waals surface area contributed by atoms with Crippen molar-refractivity contribution in [3.8, 4) is 0 Å². The lowest BCUT2D eigenvalue weighted by atomic mass is 9.95. The number of carbonyl (C=O) groups is 2. The highest BCUT2D eigenvalue weighted by Gasteiger charge is 2.46. The number of aromatic amines is 1. The number of nitrogens with zero attached hydrogens (tertiary/aromatic N) is 3. The molecular formula is C22H26N4O4. The lowest BCUT2D eigenvalue weighted by Gasteiger charge is -2.31. The van der Waals surface area contributed by atoms with Gasteiger partial charge in [-0.25, -0.2) is 0 Å². The van der Waals surface area contributed by atoms with Crippen molar-refractivity contribution in [2.75, 3.05) is 39.4 Å². The van der Waals surface area contributed by atoms with Crippen LogP contribution in [0.4, 0.5) is 0 Å². The highest BCUT2D eigenvalue weighted by atomic mass is 16.5. The van der Waals surface area contributed by atoms with Crippen molar-refractivity contribution in [2.45, 2.75) is 19.9 Å². The number of H-pyrrole nitrogens is 1. The van der Waals surface area contributed by atoms with Crippen LogP contribution < -0.4 is 0 Å². The second kappa shape index (κ2) is 8.41. The van der Waals surface area contributed by atoms with Crippen LogP contribution in [-0.2, 0) is 14.3 Å². The first-order chi connectivity index (χ1) is 14.5. The molecule has 0 saturated carbocycles. The number of Topliss-reactive ketones (excluding diaryl/α,β-unsaturated/α-hetero) is 1. The molecule has 4 rings (SSSR count). The molecule has 0 radical (unpaired) electrons. The number of ether oxygens (including phenoxy) is 1. The number of morpholine rings is 1. The van der Waals surface area contributed by atoms with Crippen LogP contribution in [0.2, 0.25) is 0 Å². The molecule has 30 heavy (non-hydrogen) atoms. The van der Waals surface area contributed by atoms with Crippen LogP contribution in [0.15, 0.2) is 35.9 Å². The maximum atomic E-state index is 13.0. The molecule has 0 bridgehead atoms. The van der Waals surface area contributed by atoms with Gasteiger partial charge in [-0.1, -0.05) is 30.3 Å². The molecule has 2 saturated heterocycles. The molecule has 2 aliphatic heterocycles. The predicted octanol–water partition coefficient (Wildman–Crippen LogP) is 1.78. The van der Waals surface area contributed by atoms with E-state index in [0.717, 1.165) is 18.7 Å². The van der Waals surface area contributed by atoms with E-state index in [0.29, 0.717) is 43.3 Å². The average molecular weight is 410 g/mol. The summed E-state index contributed by atoms with van der Waals surface area (Å²) in [5.41, 5.74) is 2.61. The first kappa shape index (κ1) is 20.3. The van der Waals surface area contributed by atoms with Crippen molar-refractivity contribution >= 4 is 17.4 Å². The molecule has 0 spiro atoms. The van der Waals surface area contributed by atoms with Gasteiger partial charge in [-0.05, 0) is 19.4 Å². The van der Waals surface area contributed by atoms with Crippen molar-refractivity contribution in [1.29, 1.82) is 0 Å². The highest BCUT2D eigenvalue weighted by Crippen LogP contribution is 2.39. The Morgan fingerprint density at radius 2 is 1.87 bits per heavy atom. The van der Waals surface area contributed by atoms with Gasteiger partial charge < -0.3 is 14.7 Å². The molecule has 2 N–H and O–H groups in total. The van der Waals surface area contributed by atoms with Gasteiger partial charge in [-0.2, -0.15) is 5.10 Å². The Bertz CT molecular complexity index is 957. The zero-order valence-electron chi connectivity index (χ0n) is 17.2. The number of hydrogen-bond donors (Lipinski definition) is 2. The summed E-state index contributed by atoms with van der Waals surface area (Å²) in [6.07, 6.45) is 0. The molecule has 1 aromatic carbocycles. The normalized spacial score (nSPS) is 22.1. The molecule has 0 aliphatic carbocycles. The first-order valence-electron chi connectivity index (χ1n) is 10.1. The Morgan fingerprint density at radius 1 is 1.17 bits per heavy atom. The SMILES string of the molecule is Cc1n[nH]c(C)c1/C(O)=C1\C(=O)C(=O)N(CCN2CCOCC2)[C@@H]1c1ccccc1. The van der Waals surface area contributed by atoms with Gasteiger partial charge in [0, 0.05) is 31.9 Å². The van der Waals surface area contributed by atoms with Crippen LogP contribution >= 0.6 is 0 Å². The molecule has 1 atom stereocenters.